The van der Waals surface area contributed by atoms with Gasteiger partial charge in [-0.3, -0.25) is 0 Å². The number of aromatic nitrogens is 3. The molecule has 4 heteroatoms. The lowest BCUT2D eigenvalue weighted by atomic mass is 10.3. The van der Waals surface area contributed by atoms with Gasteiger partial charge in [-0.25, -0.2) is 14.4 Å². The molecule has 3 nitrogen and oxygen atoms in total. The third-order valence-corrected chi connectivity index (χ3v) is 1.42. The van der Waals surface area contributed by atoms with Gasteiger partial charge in [-0.05, 0) is 6.07 Å². The molecule has 0 bridgehead atoms. The molecule has 0 fully saturated rings. The molecule has 2 aromatic heterocycles. The minimum atomic E-state index is -0.493. The summed E-state index contributed by atoms with van der Waals surface area (Å²) in [5.41, 5.74) is 0.197. The Hall–Kier alpha value is -1.71. The van der Waals surface area contributed by atoms with Crippen molar-refractivity contribution in [1.29, 1.82) is 0 Å². The standard InChI is InChI=1S/C8H5FN3/c9-6-2-1-3-10-7(6)8-11-4-5-12-8/h1,3-5H,(H,11,12). The second-order valence-corrected chi connectivity index (χ2v) is 2.19. The number of aromatic amines is 1. The van der Waals surface area contributed by atoms with E-state index in [0.29, 0.717) is 5.82 Å². The molecule has 0 aliphatic heterocycles. The highest BCUT2D eigenvalue weighted by molar-refractivity contribution is 5.48. The van der Waals surface area contributed by atoms with Crippen molar-refractivity contribution < 1.29 is 4.39 Å². The summed E-state index contributed by atoms with van der Waals surface area (Å²) < 4.78 is 13.0. The smallest absolute Gasteiger partial charge is 0.160 e. The monoisotopic (exact) mass is 162 g/mol. The third kappa shape index (κ3) is 1.07. The molecule has 12 heavy (non-hydrogen) atoms. The SMILES string of the molecule is Fc1[c]ccnc1-c1ncc[nH]1. The summed E-state index contributed by atoms with van der Waals surface area (Å²) >= 11 is 0. The lowest BCUT2D eigenvalue weighted by molar-refractivity contribution is 0.622. The van der Waals surface area contributed by atoms with Gasteiger partial charge >= 0.3 is 0 Å². The predicted octanol–water partition coefficient (Wildman–Crippen LogP) is 1.41. The zero-order chi connectivity index (χ0) is 8.39. The highest BCUT2D eigenvalue weighted by Gasteiger charge is 2.06. The van der Waals surface area contributed by atoms with Crippen LogP contribution in [0.2, 0.25) is 0 Å². The first-order valence-electron chi connectivity index (χ1n) is 3.40. The number of hydrogen-bond acceptors (Lipinski definition) is 2. The van der Waals surface area contributed by atoms with Crippen LogP contribution >= 0.6 is 0 Å². The number of nitrogens with one attached hydrogen (secondary N) is 1. The second kappa shape index (κ2) is 2.73. The molecule has 0 spiro atoms. The molecule has 0 aliphatic rings. The summed E-state index contributed by atoms with van der Waals surface area (Å²) in [5, 5.41) is 0. The van der Waals surface area contributed by atoms with Crippen molar-refractivity contribution in [3.8, 4) is 11.5 Å². The number of hydrogen-bond donors (Lipinski definition) is 1. The summed E-state index contributed by atoms with van der Waals surface area (Å²) in [5.74, 6) is -0.0724. The molecular weight excluding hydrogens is 157 g/mol. The maximum absolute atomic E-state index is 13.0. The lowest BCUT2D eigenvalue weighted by Crippen LogP contribution is -1.89. The normalized spacial score (nSPS) is 10.1. The van der Waals surface area contributed by atoms with E-state index in [2.05, 4.69) is 21.0 Å². The Labute approximate surface area is 68.3 Å². The van der Waals surface area contributed by atoms with Gasteiger partial charge in [0.25, 0.3) is 0 Å². The van der Waals surface area contributed by atoms with Crippen LogP contribution in [0.5, 0.6) is 0 Å². The first-order valence-corrected chi connectivity index (χ1v) is 3.40. The molecule has 1 N–H and O–H groups in total. The largest absolute Gasteiger partial charge is 0.343 e. The Bertz CT molecular complexity index is 370. The Kier molecular flexibility index (Phi) is 1.59. The number of imidazole rings is 1. The molecule has 0 aromatic carbocycles. The second-order valence-electron chi connectivity index (χ2n) is 2.19. The summed E-state index contributed by atoms with van der Waals surface area (Å²) in [6, 6.07) is 3.82. The van der Waals surface area contributed by atoms with E-state index < -0.39 is 5.82 Å². The molecule has 0 unspecified atom stereocenters. The van der Waals surface area contributed by atoms with Gasteiger partial charge in [-0.2, -0.15) is 0 Å². The van der Waals surface area contributed by atoms with Gasteiger partial charge < -0.3 is 4.98 Å². The van der Waals surface area contributed by atoms with E-state index in [0.717, 1.165) is 0 Å². The Morgan fingerprint density at radius 2 is 2.25 bits per heavy atom. The van der Waals surface area contributed by atoms with Crippen LogP contribution in [-0.2, 0) is 0 Å². The molecule has 0 aliphatic carbocycles. The van der Waals surface area contributed by atoms with Crippen molar-refractivity contribution in [1.82, 2.24) is 15.0 Å². The predicted molar refractivity (Wildman–Crippen MR) is 40.6 cm³/mol. The van der Waals surface area contributed by atoms with E-state index in [1.807, 2.05) is 0 Å². The molecular formula is C8H5FN3. The quantitative estimate of drug-likeness (QED) is 0.688. The van der Waals surface area contributed by atoms with E-state index in [9.17, 15) is 4.39 Å². The van der Waals surface area contributed by atoms with Gasteiger partial charge in [0.15, 0.2) is 11.6 Å². The number of halogens is 1. The maximum atomic E-state index is 13.0. The highest BCUT2D eigenvalue weighted by Crippen LogP contribution is 2.13. The third-order valence-electron chi connectivity index (χ3n) is 1.42. The van der Waals surface area contributed by atoms with Gasteiger partial charge in [0.05, 0.1) is 0 Å². The molecule has 2 rings (SSSR count). The first-order chi connectivity index (χ1) is 5.88. The van der Waals surface area contributed by atoms with Crippen molar-refractivity contribution in [2.75, 3.05) is 0 Å². The van der Waals surface area contributed by atoms with Gasteiger partial charge in [-0.1, -0.05) is 0 Å². The Morgan fingerprint density at radius 3 is 2.92 bits per heavy atom. The lowest BCUT2D eigenvalue weighted by Gasteiger charge is -1.94. The fourth-order valence-corrected chi connectivity index (χ4v) is 0.907. The van der Waals surface area contributed by atoms with E-state index in [1.54, 1.807) is 12.4 Å². The summed E-state index contributed by atoms with van der Waals surface area (Å²) in [7, 11) is 0. The highest BCUT2D eigenvalue weighted by atomic mass is 19.1. The minimum absolute atomic E-state index is 0.197. The number of nitrogens with zero attached hydrogens (tertiary/aromatic N) is 2. The van der Waals surface area contributed by atoms with Crippen LogP contribution < -0.4 is 0 Å². The van der Waals surface area contributed by atoms with Crippen LogP contribution in [0.1, 0.15) is 0 Å². The zero-order valence-electron chi connectivity index (χ0n) is 6.08. The van der Waals surface area contributed by atoms with Crippen molar-refractivity contribution in [3.63, 3.8) is 0 Å². The van der Waals surface area contributed by atoms with E-state index in [1.165, 1.54) is 12.3 Å². The topological polar surface area (TPSA) is 41.6 Å². The van der Waals surface area contributed by atoms with Crippen LogP contribution in [0.4, 0.5) is 4.39 Å². The van der Waals surface area contributed by atoms with Crippen molar-refractivity contribution in [2.24, 2.45) is 0 Å². The van der Waals surface area contributed by atoms with Crippen LogP contribution in [-0.4, -0.2) is 15.0 Å². The fourth-order valence-electron chi connectivity index (χ4n) is 0.907. The maximum Gasteiger partial charge on any atom is 0.160 e. The molecule has 2 heterocycles. The summed E-state index contributed by atoms with van der Waals surface area (Å²) in [6.07, 6.45) is 4.63. The zero-order valence-corrected chi connectivity index (χ0v) is 6.08. The number of H-pyrrole nitrogens is 1. The van der Waals surface area contributed by atoms with Crippen LogP contribution in [0, 0.1) is 11.9 Å². The van der Waals surface area contributed by atoms with E-state index in [-0.39, 0.29) is 5.69 Å². The van der Waals surface area contributed by atoms with Crippen molar-refractivity contribution in [2.45, 2.75) is 0 Å². The Balaban J connectivity index is 2.55. The molecule has 1 radical (unpaired) electrons. The van der Waals surface area contributed by atoms with Crippen LogP contribution in [0.15, 0.2) is 24.7 Å². The average Bonchev–Trinajstić information content (AvgIpc) is 2.57. The van der Waals surface area contributed by atoms with E-state index in [4.69, 9.17) is 0 Å². The van der Waals surface area contributed by atoms with Crippen molar-refractivity contribution in [3.05, 3.63) is 36.5 Å². The molecule has 0 saturated heterocycles. The molecule has 0 saturated carbocycles. The van der Waals surface area contributed by atoms with Crippen LogP contribution in [0.3, 0.4) is 0 Å². The molecule has 2 aromatic rings. The summed E-state index contributed by atoms with van der Waals surface area (Å²) in [6.45, 7) is 0. The molecule has 59 valence electrons. The first kappa shape index (κ1) is 6.97. The minimum Gasteiger partial charge on any atom is -0.343 e. The van der Waals surface area contributed by atoms with Gasteiger partial charge in [0, 0.05) is 24.7 Å². The van der Waals surface area contributed by atoms with Crippen LogP contribution in [0.25, 0.3) is 11.5 Å². The van der Waals surface area contributed by atoms with Gasteiger partial charge in [-0.15, -0.1) is 0 Å². The molecule has 0 amide bonds. The van der Waals surface area contributed by atoms with Crippen molar-refractivity contribution >= 4 is 0 Å². The average molecular weight is 162 g/mol. The van der Waals surface area contributed by atoms with Gasteiger partial charge in [0.2, 0.25) is 0 Å². The number of pyridine rings is 1. The summed E-state index contributed by atoms with van der Waals surface area (Å²) in [4.78, 5) is 10.5. The fraction of sp³-hybridized carbons (Fsp3) is 0. The Morgan fingerprint density at radius 1 is 1.33 bits per heavy atom. The van der Waals surface area contributed by atoms with Gasteiger partial charge in [0.1, 0.15) is 5.69 Å². The van der Waals surface area contributed by atoms with E-state index >= 15 is 0 Å². The molecule has 0 atom stereocenters. The number of rotatable bonds is 1.